The topological polar surface area (TPSA) is 81.7 Å². The van der Waals surface area contributed by atoms with Gasteiger partial charge in [-0.3, -0.25) is 4.79 Å². The second-order valence-corrected chi connectivity index (χ2v) is 5.82. The summed E-state index contributed by atoms with van der Waals surface area (Å²) in [7, 11) is 1.23. The van der Waals surface area contributed by atoms with Gasteiger partial charge in [0.05, 0.1) is 18.2 Å². The lowest BCUT2D eigenvalue weighted by Gasteiger charge is -2.14. The van der Waals surface area contributed by atoms with Crippen LogP contribution in [0.3, 0.4) is 0 Å². The summed E-state index contributed by atoms with van der Waals surface area (Å²) in [6, 6.07) is 12.0. The summed E-state index contributed by atoms with van der Waals surface area (Å²) in [5, 5.41) is 2.83. The highest BCUT2D eigenvalue weighted by Gasteiger charge is 2.19. The van der Waals surface area contributed by atoms with Crippen LogP contribution in [-0.4, -0.2) is 31.6 Å². The molecule has 0 aliphatic rings. The molecule has 1 N–H and O–H groups in total. The number of ether oxygens (including phenoxy) is 2. The average Bonchev–Trinajstić information content (AvgIpc) is 2.71. The van der Waals surface area contributed by atoms with Crippen LogP contribution in [0.1, 0.15) is 45.7 Å². The Labute approximate surface area is 158 Å². The highest BCUT2D eigenvalue weighted by molar-refractivity contribution is 6.04. The number of rotatable bonds is 7. The molecule has 0 bridgehead atoms. The number of hydrogen-bond donors (Lipinski definition) is 1. The Hall–Kier alpha value is -3.15. The SMILES string of the molecule is CCc1cccc(CC)c1NC(=O)COC(=O)c1ccccc1C(=O)OC. The molecule has 0 heterocycles. The van der Waals surface area contributed by atoms with E-state index >= 15 is 0 Å². The monoisotopic (exact) mass is 369 g/mol. The largest absolute Gasteiger partial charge is 0.465 e. The molecule has 27 heavy (non-hydrogen) atoms. The van der Waals surface area contributed by atoms with Gasteiger partial charge in [0.15, 0.2) is 6.61 Å². The summed E-state index contributed by atoms with van der Waals surface area (Å²) in [5.41, 5.74) is 2.95. The number of methoxy groups -OCH3 is 1. The average molecular weight is 369 g/mol. The van der Waals surface area contributed by atoms with Gasteiger partial charge >= 0.3 is 11.9 Å². The maximum Gasteiger partial charge on any atom is 0.339 e. The fourth-order valence-electron chi connectivity index (χ4n) is 2.74. The van der Waals surface area contributed by atoms with E-state index in [-0.39, 0.29) is 11.1 Å². The third kappa shape index (κ3) is 4.94. The molecule has 2 aromatic carbocycles. The Morgan fingerprint density at radius 3 is 1.93 bits per heavy atom. The molecule has 142 valence electrons. The molecular weight excluding hydrogens is 346 g/mol. The van der Waals surface area contributed by atoms with E-state index in [1.165, 1.54) is 19.2 Å². The number of amides is 1. The van der Waals surface area contributed by atoms with Gasteiger partial charge in [-0.2, -0.15) is 0 Å². The van der Waals surface area contributed by atoms with Crippen LogP contribution in [0.4, 0.5) is 5.69 Å². The van der Waals surface area contributed by atoms with Crippen molar-refractivity contribution in [2.45, 2.75) is 26.7 Å². The number of aryl methyl sites for hydroxylation is 2. The minimum atomic E-state index is -0.759. The molecular formula is C21H23NO5. The smallest absolute Gasteiger partial charge is 0.339 e. The molecule has 2 aromatic rings. The van der Waals surface area contributed by atoms with E-state index in [0.717, 1.165) is 29.7 Å². The number of carbonyl (C=O) groups excluding carboxylic acids is 3. The summed E-state index contributed by atoms with van der Waals surface area (Å²) < 4.78 is 9.74. The first kappa shape index (κ1) is 20.2. The molecule has 0 aromatic heterocycles. The summed E-state index contributed by atoms with van der Waals surface area (Å²) in [5.74, 6) is -1.84. The molecule has 0 fully saturated rings. The van der Waals surface area contributed by atoms with E-state index in [1.54, 1.807) is 12.1 Å². The molecule has 0 aliphatic carbocycles. The highest BCUT2D eigenvalue weighted by atomic mass is 16.5. The number of hydrogen-bond acceptors (Lipinski definition) is 5. The van der Waals surface area contributed by atoms with Gasteiger partial charge in [0, 0.05) is 5.69 Å². The fourth-order valence-corrected chi connectivity index (χ4v) is 2.74. The van der Waals surface area contributed by atoms with E-state index in [1.807, 2.05) is 32.0 Å². The zero-order valence-corrected chi connectivity index (χ0v) is 15.7. The van der Waals surface area contributed by atoms with Crippen molar-refractivity contribution in [2.75, 3.05) is 19.0 Å². The minimum Gasteiger partial charge on any atom is -0.465 e. The number of anilines is 1. The van der Waals surface area contributed by atoms with Crippen molar-refractivity contribution in [2.24, 2.45) is 0 Å². The van der Waals surface area contributed by atoms with Crippen molar-refractivity contribution in [3.63, 3.8) is 0 Å². The van der Waals surface area contributed by atoms with Gasteiger partial charge in [-0.1, -0.05) is 44.2 Å². The fraction of sp³-hybridized carbons (Fsp3) is 0.286. The number of para-hydroxylation sites is 1. The maximum atomic E-state index is 12.3. The Balaban J connectivity index is 2.07. The normalized spacial score (nSPS) is 10.2. The van der Waals surface area contributed by atoms with Crippen molar-refractivity contribution in [3.8, 4) is 0 Å². The molecule has 0 spiro atoms. The van der Waals surface area contributed by atoms with Crippen LogP contribution in [0, 0.1) is 0 Å². The van der Waals surface area contributed by atoms with Gasteiger partial charge in [0.2, 0.25) is 0 Å². The molecule has 0 unspecified atom stereocenters. The summed E-state index contributed by atoms with van der Waals surface area (Å²) in [6.07, 6.45) is 1.55. The van der Waals surface area contributed by atoms with Crippen LogP contribution in [0.15, 0.2) is 42.5 Å². The first-order valence-corrected chi connectivity index (χ1v) is 8.76. The van der Waals surface area contributed by atoms with E-state index in [0.29, 0.717) is 0 Å². The van der Waals surface area contributed by atoms with Crippen LogP contribution in [0.5, 0.6) is 0 Å². The van der Waals surface area contributed by atoms with Crippen molar-refractivity contribution in [1.29, 1.82) is 0 Å². The molecule has 0 aliphatic heterocycles. The lowest BCUT2D eigenvalue weighted by atomic mass is 10.0. The Bertz CT molecular complexity index is 822. The molecule has 0 saturated heterocycles. The first-order valence-electron chi connectivity index (χ1n) is 8.76. The van der Waals surface area contributed by atoms with Gasteiger partial charge in [0.25, 0.3) is 5.91 Å². The zero-order chi connectivity index (χ0) is 19.8. The van der Waals surface area contributed by atoms with Crippen LogP contribution in [-0.2, 0) is 27.1 Å². The van der Waals surface area contributed by atoms with Gasteiger partial charge in [-0.15, -0.1) is 0 Å². The van der Waals surface area contributed by atoms with Crippen LogP contribution in [0.25, 0.3) is 0 Å². The predicted octanol–water partition coefficient (Wildman–Crippen LogP) is 3.39. The quantitative estimate of drug-likeness (QED) is 0.757. The van der Waals surface area contributed by atoms with E-state index in [9.17, 15) is 14.4 Å². The predicted molar refractivity (Wildman–Crippen MR) is 102 cm³/mol. The number of esters is 2. The van der Waals surface area contributed by atoms with Crippen molar-refractivity contribution in [1.82, 2.24) is 0 Å². The third-order valence-electron chi connectivity index (χ3n) is 4.15. The van der Waals surface area contributed by atoms with Crippen molar-refractivity contribution in [3.05, 3.63) is 64.7 Å². The minimum absolute atomic E-state index is 0.0559. The standard InChI is InChI=1S/C21H23NO5/c1-4-14-9-8-10-15(5-2)19(14)22-18(23)13-27-21(25)17-12-7-6-11-16(17)20(24)26-3/h6-12H,4-5,13H2,1-3H3,(H,22,23). The molecule has 6 heteroatoms. The van der Waals surface area contributed by atoms with Gasteiger partial charge in [-0.05, 0) is 36.1 Å². The molecule has 0 saturated carbocycles. The summed E-state index contributed by atoms with van der Waals surface area (Å²) in [6.45, 7) is 3.57. The number of benzene rings is 2. The highest BCUT2D eigenvalue weighted by Crippen LogP contribution is 2.22. The van der Waals surface area contributed by atoms with Crippen LogP contribution in [0.2, 0.25) is 0 Å². The van der Waals surface area contributed by atoms with Gasteiger partial charge in [0.1, 0.15) is 0 Å². The second-order valence-electron chi connectivity index (χ2n) is 5.82. The van der Waals surface area contributed by atoms with Gasteiger partial charge < -0.3 is 14.8 Å². The first-order chi connectivity index (χ1) is 13.0. The second kappa shape index (κ2) is 9.52. The number of carbonyl (C=O) groups is 3. The molecule has 2 rings (SSSR count). The number of nitrogens with one attached hydrogen (secondary N) is 1. The van der Waals surface area contributed by atoms with Gasteiger partial charge in [-0.25, -0.2) is 9.59 Å². The summed E-state index contributed by atoms with van der Waals surface area (Å²) in [4.78, 5) is 36.3. The molecule has 0 atom stereocenters. The summed E-state index contributed by atoms with van der Waals surface area (Å²) >= 11 is 0. The maximum absolute atomic E-state index is 12.3. The lowest BCUT2D eigenvalue weighted by molar-refractivity contribution is -0.119. The zero-order valence-electron chi connectivity index (χ0n) is 15.7. The van der Waals surface area contributed by atoms with Crippen LogP contribution >= 0.6 is 0 Å². The van der Waals surface area contributed by atoms with Crippen molar-refractivity contribution < 1.29 is 23.9 Å². The Kier molecular flexibility index (Phi) is 7.11. The lowest BCUT2D eigenvalue weighted by Crippen LogP contribution is -2.23. The van der Waals surface area contributed by atoms with E-state index < -0.39 is 24.5 Å². The molecule has 1 amide bonds. The Morgan fingerprint density at radius 2 is 1.41 bits per heavy atom. The van der Waals surface area contributed by atoms with E-state index in [4.69, 9.17) is 4.74 Å². The third-order valence-corrected chi connectivity index (χ3v) is 4.15. The molecule has 0 radical (unpaired) electrons. The Morgan fingerprint density at radius 1 is 0.852 bits per heavy atom. The molecule has 6 nitrogen and oxygen atoms in total. The van der Waals surface area contributed by atoms with Crippen LogP contribution < -0.4 is 5.32 Å². The van der Waals surface area contributed by atoms with E-state index in [2.05, 4.69) is 10.1 Å². The van der Waals surface area contributed by atoms with Crippen molar-refractivity contribution >= 4 is 23.5 Å².